The summed E-state index contributed by atoms with van der Waals surface area (Å²) in [5, 5.41) is 9.61. The summed E-state index contributed by atoms with van der Waals surface area (Å²) in [5.41, 5.74) is 0. The fraction of sp³-hybridized carbons (Fsp3) is 0.848. The number of aliphatic carboxylic acids is 1. The number of carbonyl (C=O) groups is 3. The Morgan fingerprint density at radius 2 is 0.944 bits per heavy atom. The molecule has 0 rings (SSSR count). The Hall–Kier alpha value is -2.19. The van der Waals surface area contributed by atoms with Crippen molar-refractivity contribution >= 4 is 17.9 Å². The summed E-state index contributed by atoms with van der Waals surface area (Å²) < 4.78 is 17.2. The SMILES string of the molecule is CCCC/C=C/CCCCCCC(=O)OCC(COCCC(C(=O)O)[N+](C)(C)C)OC(=O)CCCCCCCCC/C=C/CCCCCCCCCCC. The van der Waals surface area contributed by atoms with E-state index in [1.54, 1.807) is 0 Å². The number of carboxylic acid groups (broad SMARTS) is 1. The van der Waals surface area contributed by atoms with Gasteiger partial charge in [0.1, 0.15) is 6.61 Å². The number of carbonyl (C=O) groups excluding carboxylic acids is 2. The van der Waals surface area contributed by atoms with Crippen molar-refractivity contribution in [1.29, 1.82) is 0 Å². The highest BCUT2D eigenvalue weighted by atomic mass is 16.6. The summed E-state index contributed by atoms with van der Waals surface area (Å²) in [6.45, 7) is 4.69. The zero-order chi connectivity index (χ0) is 40.0. The van der Waals surface area contributed by atoms with Crippen LogP contribution in [0.1, 0.15) is 200 Å². The number of likely N-dealkylation sites (N-methyl/N-ethyl adjacent to an activating group) is 1. The molecule has 0 saturated carbocycles. The van der Waals surface area contributed by atoms with Crippen molar-refractivity contribution in [3.63, 3.8) is 0 Å². The van der Waals surface area contributed by atoms with Crippen molar-refractivity contribution in [1.82, 2.24) is 0 Å². The lowest BCUT2D eigenvalue weighted by molar-refractivity contribution is -0.887. The fourth-order valence-electron chi connectivity index (χ4n) is 6.54. The summed E-state index contributed by atoms with van der Waals surface area (Å²) in [7, 11) is 5.52. The second-order valence-corrected chi connectivity index (χ2v) is 16.3. The third kappa shape index (κ3) is 35.5. The van der Waals surface area contributed by atoms with Gasteiger partial charge in [0, 0.05) is 19.3 Å². The maximum atomic E-state index is 12.7. The highest BCUT2D eigenvalue weighted by Crippen LogP contribution is 2.14. The molecule has 0 spiro atoms. The number of esters is 2. The zero-order valence-corrected chi connectivity index (χ0v) is 35.9. The van der Waals surface area contributed by atoms with E-state index in [1.807, 2.05) is 21.1 Å². The van der Waals surface area contributed by atoms with Crippen LogP contribution in [0.5, 0.6) is 0 Å². The smallest absolute Gasteiger partial charge is 0.362 e. The molecule has 54 heavy (non-hydrogen) atoms. The first-order valence-electron chi connectivity index (χ1n) is 22.4. The molecule has 0 aromatic carbocycles. The van der Waals surface area contributed by atoms with Crippen molar-refractivity contribution < 1.29 is 38.2 Å². The molecule has 0 radical (unpaired) electrons. The molecule has 0 aliphatic heterocycles. The van der Waals surface area contributed by atoms with E-state index in [4.69, 9.17) is 14.2 Å². The molecule has 0 fully saturated rings. The number of nitrogens with zero attached hydrogens (tertiary/aromatic N) is 1. The third-order valence-electron chi connectivity index (χ3n) is 10.1. The summed E-state index contributed by atoms with van der Waals surface area (Å²) in [5.74, 6) is -1.48. The molecule has 8 heteroatoms. The maximum Gasteiger partial charge on any atom is 0.362 e. The zero-order valence-electron chi connectivity index (χ0n) is 35.9. The molecule has 0 heterocycles. The van der Waals surface area contributed by atoms with Gasteiger partial charge in [-0.3, -0.25) is 9.59 Å². The lowest BCUT2D eigenvalue weighted by atomic mass is 10.1. The van der Waals surface area contributed by atoms with E-state index < -0.39 is 18.1 Å². The monoisotopic (exact) mass is 765 g/mol. The lowest BCUT2D eigenvalue weighted by Crippen LogP contribution is -2.50. The van der Waals surface area contributed by atoms with Crippen LogP contribution >= 0.6 is 0 Å². The van der Waals surface area contributed by atoms with Crippen LogP contribution in [0.4, 0.5) is 0 Å². The van der Waals surface area contributed by atoms with Gasteiger partial charge < -0.3 is 23.8 Å². The number of rotatable bonds is 40. The summed E-state index contributed by atoms with van der Waals surface area (Å²) in [6.07, 6.45) is 40.8. The second-order valence-electron chi connectivity index (χ2n) is 16.3. The Labute approximate surface area is 332 Å². The molecule has 0 saturated heterocycles. The van der Waals surface area contributed by atoms with Crippen molar-refractivity contribution in [2.24, 2.45) is 0 Å². The van der Waals surface area contributed by atoms with E-state index in [0.29, 0.717) is 19.3 Å². The van der Waals surface area contributed by atoms with Gasteiger partial charge in [-0.25, -0.2) is 4.79 Å². The van der Waals surface area contributed by atoms with Crippen LogP contribution in [-0.4, -0.2) is 80.6 Å². The Kier molecular flexibility index (Phi) is 36.2. The number of hydrogen-bond acceptors (Lipinski definition) is 6. The largest absolute Gasteiger partial charge is 0.477 e. The summed E-state index contributed by atoms with van der Waals surface area (Å²) in [6, 6.07) is -0.614. The van der Waals surface area contributed by atoms with Crippen LogP contribution in [-0.2, 0) is 28.6 Å². The average molecular weight is 765 g/mol. The molecule has 0 aromatic heterocycles. The minimum atomic E-state index is -0.876. The van der Waals surface area contributed by atoms with E-state index in [9.17, 15) is 19.5 Å². The molecule has 0 bridgehead atoms. The van der Waals surface area contributed by atoms with E-state index in [-0.39, 0.29) is 36.2 Å². The molecular weight excluding hydrogens is 679 g/mol. The Balaban J connectivity index is 4.27. The molecule has 8 nitrogen and oxygen atoms in total. The van der Waals surface area contributed by atoms with Crippen LogP contribution < -0.4 is 0 Å². The van der Waals surface area contributed by atoms with Crippen molar-refractivity contribution in [2.45, 2.75) is 212 Å². The standard InChI is InChI=1S/C46H85NO7/c1-6-8-10-12-14-16-18-19-20-21-22-23-24-25-26-27-29-31-33-35-37-45(49)54-42(40-52-39-38-43(46(50)51)47(3,4)5)41-53-44(48)36-34-32-30-28-17-15-13-11-9-7-2/h13,15,22-23,42-43H,6-12,14,16-21,24-41H2,1-5H3/p+1/b15-13+,23-22+. The van der Waals surface area contributed by atoms with Gasteiger partial charge >= 0.3 is 17.9 Å². The predicted molar refractivity (Wildman–Crippen MR) is 225 cm³/mol. The van der Waals surface area contributed by atoms with Crippen LogP contribution in [0.2, 0.25) is 0 Å². The van der Waals surface area contributed by atoms with Gasteiger partial charge in [-0.15, -0.1) is 0 Å². The fourth-order valence-corrected chi connectivity index (χ4v) is 6.54. The Bertz CT molecular complexity index is 942. The van der Waals surface area contributed by atoms with E-state index >= 15 is 0 Å². The topological polar surface area (TPSA) is 99.1 Å². The van der Waals surface area contributed by atoms with Crippen molar-refractivity contribution in [3.05, 3.63) is 24.3 Å². The number of carboxylic acids is 1. The highest BCUT2D eigenvalue weighted by molar-refractivity contribution is 5.72. The van der Waals surface area contributed by atoms with Gasteiger partial charge in [0.2, 0.25) is 0 Å². The van der Waals surface area contributed by atoms with Crippen LogP contribution in [0.25, 0.3) is 0 Å². The van der Waals surface area contributed by atoms with E-state index in [2.05, 4.69) is 38.2 Å². The van der Waals surface area contributed by atoms with Gasteiger partial charge in [0.25, 0.3) is 0 Å². The predicted octanol–water partition coefficient (Wildman–Crippen LogP) is 12.1. The number of allylic oxidation sites excluding steroid dienone is 4. The second kappa shape index (κ2) is 37.7. The quantitative estimate of drug-likeness (QED) is 0.0287. The number of quaternary nitrogens is 1. The van der Waals surface area contributed by atoms with Gasteiger partial charge in [0.05, 0.1) is 34.4 Å². The van der Waals surface area contributed by atoms with Crippen LogP contribution in [0, 0.1) is 0 Å². The minimum absolute atomic E-state index is 0.0563. The Morgan fingerprint density at radius 1 is 0.537 bits per heavy atom. The highest BCUT2D eigenvalue weighted by Gasteiger charge is 2.31. The lowest BCUT2D eigenvalue weighted by Gasteiger charge is -2.31. The molecular formula is C46H86NO7+. The average Bonchev–Trinajstić information content (AvgIpc) is 3.12. The minimum Gasteiger partial charge on any atom is -0.477 e. The van der Waals surface area contributed by atoms with Crippen LogP contribution in [0.3, 0.4) is 0 Å². The van der Waals surface area contributed by atoms with Crippen LogP contribution in [0.15, 0.2) is 24.3 Å². The molecule has 316 valence electrons. The van der Waals surface area contributed by atoms with Crippen molar-refractivity contribution in [3.8, 4) is 0 Å². The van der Waals surface area contributed by atoms with E-state index in [1.165, 1.54) is 109 Å². The first-order valence-corrected chi connectivity index (χ1v) is 22.4. The number of hydrogen-bond donors (Lipinski definition) is 1. The normalized spacial score (nSPS) is 13.1. The molecule has 0 aliphatic rings. The molecule has 0 aromatic rings. The summed E-state index contributed by atoms with van der Waals surface area (Å²) in [4.78, 5) is 36.9. The first-order chi connectivity index (χ1) is 26.1. The maximum absolute atomic E-state index is 12.7. The molecule has 2 unspecified atom stereocenters. The molecule has 0 aliphatic carbocycles. The molecule has 1 N–H and O–H groups in total. The Morgan fingerprint density at radius 3 is 1.39 bits per heavy atom. The third-order valence-corrected chi connectivity index (χ3v) is 10.1. The first kappa shape index (κ1) is 51.8. The van der Waals surface area contributed by atoms with Gasteiger partial charge in [0.15, 0.2) is 12.1 Å². The van der Waals surface area contributed by atoms with Gasteiger partial charge in [-0.05, 0) is 57.8 Å². The summed E-state index contributed by atoms with van der Waals surface area (Å²) >= 11 is 0. The van der Waals surface area contributed by atoms with Gasteiger partial charge in [-0.2, -0.15) is 0 Å². The molecule has 2 atom stereocenters. The van der Waals surface area contributed by atoms with E-state index in [0.717, 1.165) is 57.8 Å². The number of ether oxygens (including phenoxy) is 3. The van der Waals surface area contributed by atoms with Crippen molar-refractivity contribution in [2.75, 3.05) is 41.0 Å². The van der Waals surface area contributed by atoms with Gasteiger partial charge in [-0.1, -0.05) is 147 Å². The molecule has 0 amide bonds. The number of unbranched alkanes of at least 4 members (excludes halogenated alkanes) is 22.